The summed E-state index contributed by atoms with van der Waals surface area (Å²) in [5, 5.41) is 5.48. The zero-order chi connectivity index (χ0) is 18.1. The molecule has 0 bridgehead atoms. The number of amides is 2. The number of anilines is 1. The van der Waals surface area contributed by atoms with E-state index in [1.807, 2.05) is 12.3 Å². The van der Waals surface area contributed by atoms with Crippen LogP contribution in [0.3, 0.4) is 0 Å². The van der Waals surface area contributed by atoms with E-state index in [9.17, 15) is 9.59 Å². The van der Waals surface area contributed by atoms with E-state index in [4.69, 9.17) is 0 Å². The summed E-state index contributed by atoms with van der Waals surface area (Å²) in [6, 6.07) is 6.58. The second kappa shape index (κ2) is 7.19. The summed E-state index contributed by atoms with van der Waals surface area (Å²) in [7, 11) is 0. The lowest BCUT2D eigenvalue weighted by atomic mass is 9.90. The number of rotatable bonds is 4. The van der Waals surface area contributed by atoms with Gasteiger partial charge in [0.2, 0.25) is 11.8 Å². The molecule has 26 heavy (non-hydrogen) atoms. The van der Waals surface area contributed by atoms with Gasteiger partial charge in [0.1, 0.15) is 0 Å². The third-order valence-electron chi connectivity index (χ3n) is 5.35. The second-order valence-corrected chi connectivity index (χ2v) is 7.91. The van der Waals surface area contributed by atoms with Crippen LogP contribution in [0.4, 0.5) is 5.13 Å². The summed E-state index contributed by atoms with van der Waals surface area (Å²) in [6.07, 6.45) is 5.13. The monoisotopic (exact) mass is 369 g/mol. The van der Waals surface area contributed by atoms with Crippen LogP contribution >= 0.6 is 11.3 Å². The number of likely N-dealkylation sites (tertiary alicyclic amines) is 1. The Morgan fingerprint density at radius 2 is 2.12 bits per heavy atom. The van der Waals surface area contributed by atoms with Crippen molar-refractivity contribution < 1.29 is 9.59 Å². The lowest BCUT2D eigenvalue weighted by Gasteiger charge is -2.16. The molecule has 1 aliphatic heterocycles. The van der Waals surface area contributed by atoms with Crippen molar-refractivity contribution in [1.29, 1.82) is 0 Å². The zero-order valence-corrected chi connectivity index (χ0v) is 15.8. The first-order valence-corrected chi connectivity index (χ1v) is 10.2. The topological polar surface area (TPSA) is 62.3 Å². The molecule has 1 N–H and O–H groups in total. The molecule has 2 heterocycles. The third-order valence-corrected chi connectivity index (χ3v) is 6.10. The molecule has 136 valence electrons. The SMILES string of the molecule is CCN1CC(C(=O)Nc2nc(-c3ccc4c(c3)CCCC4)cs2)CC1=O. The Hall–Kier alpha value is -2.21. The number of aryl methyl sites for hydroxylation is 2. The highest BCUT2D eigenvalue weighted by Gasteiger charge is 2.33. The highest BCUT2D eigenvalue weighted by molar-refractivity contribution is 7.14. The minimum absolute atomic E-state index is 0.0570. The van der Waals surface area contributed by atoms with Gasteiger partial charge in [0.15, 0.2) is 5.13 Å². The highest BCUT2D eigenvalue weighted by Crippen LogP contribution is 2.30. The Kier molecular flexibility index (Phi) is 4.76. The molecular weight excluding hydrogens is 346 g/mol. The maximum Gasteiger partial charge on any atom is 0.231 e. The largest absolute Gasteiger partial charge is 0.342 e. The number of hydrogen-bond donors (Lipinski definition) is 1. The molecule has 1 saturated heterocycles. The number of nitrogens with one attached hydrogen (secondary N) is 1. The normalized spacial score (nSPS) is 19.5. The molecule has 1 unspecified atom stereocenters. The van der Waals surface area contributed by atoms with Crippen LogP contribution in [0.15, 0.2) is 23.6 Å². The highest BCUT2D eigenvalue weighted by atomic mass is 32.1. The number of carbonyl (C=O) groups excluding carboxylic acids is 2. The Balaban J connectivity index is 1.45. The molecule has 6 heteroatoms. The van der Waals surface area contributed by atoms with Gasteiger partial charge in [-0.15, -0.1) is 11.3 Å². The number of hydrogen-bond acceptors (Lipinski definition) is 4. The number of fused-ring (bicyclic) bond motifs is 1. The van der Waals surface area contributed by atoms with Gasteiger partial charge < -0.3 is 10.2 Å². The number of thiazole rings is 1. The maximum atomic E-state index is 12.4. The summed E-state index contributed by atoms with van der Waals surface area (Å²) >= 11 is 1.43. The Morgan fingerprint density at radius 1 is 1.31 bits per heavy atom. The Labute approximate surface area is 157 Å². The fraction of sp³-hybridized carbons (Fsp3) is 0.450. The minimum atomic E-state index is -0.279. The minimum Gasteiger partial charge on any atom is -0.342 e. The second-order valence-electron chi connectivity index (χ2n) is 7.05. The lowest BCUT2D eigenvalue weighted by molar-refractivity contribution is -0.128. The maximum absolute atomic E-state index is 12.4. The van der Waals surface area contributed by atoms with Crippen LogP contribution in [0.5, 0.6) is 0 Å². The third kappa shape index (κ3) is 3.38. The number of nitrogens with zero attached hydrogens (tertiary/aromatic N) is 2. The van der Waals surface area contributed by atoms with Gasteiger partial charge in [-0.3, -0.25) is 9.59 Å². The lowest BCUT2D eigenvalue weighted by Crippen LogP contribution is -2.28. The predicted molar refractivity (Wildman–Crippen MR) is 103 cm³/mol. The molecule has 1 atom stereocenters. The first-order chi connectivity index (χ1) is 12.6. The van der Waals surface area contributed by atoms with E-state index in [0.717, 1.165) is 17.7 Å². The molecule has 1 aliphatic carbocycles. The Bertz CT molecular complexity index is 845. The zero-order valence-electron chi connectivity index (χ0n) is 15.0. The van der Waals surface area contributed by atoms with E-state index in [-0.39, 0.29) is 17.7 Å². The van der Waals surface area contributed by atoms with Crippen molar-refractivity contribution >= 4 is 28.3 Å². The van der Waals surface area contributed by atoms with Crippen molar-refractivity contribution in [3.63, 3.8) is 0 Å². The van der Waals surface area contributed by atoms with Crippen LogP contribution in [0.2, 0.25) is 0 Å². The van der Waals surface area contributed by atoms with Crippen LogP contribution < -0.4 is 5.32 Å². The summed E-state index contributed by atoms with van der Waals surface area (Å²) in [5.41, 5.74) is 4.89. The molecule has 5 nitrogen and oxygen atoms in total. The molecule has 0 radical (unpaired) electrons. The molecule has 4 rings (SSSR count). The van der Waals surface area contributed by atoms with Crippen molar-refractivity contribution in [3.05, 3.63) is 34.7 Å². The van der Waals surface area contributed by atoms with Gasteiger partial charge in [0, 0.05) is 30.5 Å². The van der Waals surface area contributed by atoms with Gasteiger partial charge in [-0.05, 0) is 49.8 Å². The summed E-state index contributed by atoms with van der Waals surface area (Å²) in [5.74, 6) is -0.333. The van der Waals surface area contributed by atoms with E-state index >= 15 is 0 Å². The number of benzene rings is 1. The predicted octanol–water partition coefficient (Wildman–Crippen LogP) is 3.50. The first kappa shape index (κ1) is 17.2. The molecule has 0 saturated carbocycles. The summed E-state index contributed by atoms with van der Waals surface area (Å²) in [6.45, 7) is 3.09. The van der Waals surface area contributed by atoms with Crippen LogP contribution in [0.25, 0.3) is 11.3 Å². The fourth-order valence-electron chi connectivity index (χ4n) is 3.82. The van der Waals surface area contributed by atoms with Crippen molar-refractivity contribution in [2.75, 3.05) is 18.4 Å². The quantitative estimate of drug-likeness (QED) is 0.897. The van der Waals surface area contributed by atoms with Gasteiger partial charge in [0.25, 0.3) is 0 Å². The molecule has 1 aromatic heterocycles. The van der Waals surface area contributed by atoms with Gasteiger partial charge >= 0.3 is 0 Å². The number of carbonyl (C=O) groups is 2. The number of aromatic nitrogens is 1. The smallest absolute Gasteiger partial charge is 0.231 e. The summed E-state index contributed by atoms with van der Waals surface area (Å²) < 4.78 is 0. The van der Waals surface area contributed by atoms with E-state index in [1.165, 1.54) is 41.7 Å². The molecule has 0 spiro atoms. The van der Waals surface area contributed by atoms with Crippen LogP contribution in [0.1, 0.15) is 37.3 Å². The van der Waals surface area contributed by atoms with E-state index in [2.05, 4.69) is 28.5 Å². The standard InChI is InChI=1S/C20H23N3O2S/c1-2-23-11-16(10-18(23)24)19(25)22-20-21-17(12-26-20)15-8-7-13-5-3-4-6-14(13)9-15/h7-9,12,16H,2-6,10-11H2,1H3,(H,21,22,25). The van der Waals surface area contributed by atoms with Crippen molar-refractivity contribution in [2.24, 2.45) is 5.92 Å². The van der Waals surface area contributed by atoms with E-state index < -0.39 is 0 Å². The molecule has 2 amide bonds. The molecule has 2 aromatic rings. The fourth-order valence-corrected chi connectivity index (χ4v) is 4.54. The molecular formula is C20H23N3O2S. The average Bonchev–Trinajstić information content (AvgIpc) is 3.27. The Morgan fingerprint density at radius 3 is 2.88 bits per heavy atom. The van der Waals surface area contributed by atoms with Crippen LogP contribution in [0, 0.1) is 5.92 Å². The van der Waals surface area contributed by atoms with Crippen molar-refractivity contribution in [3.8, 4) is 11.3 Å². The van der Waals surface area contributed by atoms with Gasteiger partial charge in [-0.1, -0.05) is 12.1 Å². The van der Waals surface area contributed by atoms with E-state index in [1.54, 1.807) is 4.90 Å². The van der Waals surface area contributed by atoms with Crippen LogP contribution in [-0.2, 0) is 22.4 Å². The van der Waals surface area contributed by atoms with Gasteiger partial charge in [-0.25, -0.2) is 4.98 Å². The average molecular weight is 369 g/mol. The summed E-state index contributed by atoms with van der Waals surface area (Å²) in [4.78, 5) is 30.6. The van der Waals surface area contributed by atoms with Crippen molar-refractivity contribution in [1.82, 2.24) is 9.88 Å². The van der Waals surface area contributed by atoms with E-state index in [0.29, 0.717) is 24.6 Å². The first-order valence-electron chi connectivity index (χ1n) is 9.30. The van der Waals surface area contributed by atoms with Crippen LogP contribution in [-0.4, -0.2) is 34.8 Å². The van der Waals surface area contributed by atoms with Crippen molar-refractivity contribution in [2.45, 2.75) is 39.0 Å². The molecule has 2 aliphatic rings. The van der Waals surface area contributed by atoms with Gasteiger partial charge in [0.05, 0.1) is 11.6 Å². The molecule has 1 aromatic carbocycles. The molecule has 1 fully saturated rings. The van der Waals surface area contributed by atoms with Gasteiger partial charge in [-0.2, -0.15) is 0 Å².